The number of rotatable bonds is 4. The number of benzene rings is 1. The maximum absolute atomic E-state index is 14.1. The molecule has 46 heavy (non-hydrogen) atoms. The zero-order valence-electron chi connectivity index (χ0n) is 25.4. The van der Waals surface area contributed by atoms with E-state index in [0.29, 0.717) is 41.7 Å². The third kappa shape index (κ3) is 7.14. The number of methoxy groups -OCH3 is 1. The molecule has 4 aromatic rings. The van der Waals surface area contributed by atoms with Crippen molar-refractivity contribution in [3.8, 4) is 17.0 Å². The van der Waals surface area contributed by atoms with Crippen LogP contribution in [0.15, 0.2) is 42.7 Å². The maximum Gasteiger partial charge on any atom is 0.421 e. The molecule has 1 amide bonds. The average Bonchev–Trinajstić information content (AvgIpc) is 3.38. The number of halogens is 3. The number of nitrogens with one attached hydrogen (secondary N) is 3. The largest absolute Gasteiger partial charge is 0.495 e. The molecule has 1 atom stereocenters. The van der Waals surface area contributed by atoms with Crippen molar-refractivity contribution in [1.82, 2.24) is 30.0 Å². The number of aromatic nitrogens is 5. The summed E-state index contributed by atoms with van der Waals surface area (Å²) in [6, 6.07) is 7.88. The van der Waals surface area contributed by atoms with Gasteiger partial charge in [-0.25, -0.2) is 9.97 Å². The number of nitrogens with zero attached hydrogens (tertiary/aromatic N) is 5. The molecule has 8 bridgehead atoms. The van der Waals surface area contributed by atoms with Gasteiger partial charge in [0.1, 0.15) is 17.1 Å². The van der Waals surface area contributed by atoms with Crippen LogP contribution in [0.4, 0.5) is 36.3 Å². The minimum Gasteiger partial charge on any atom is -0.495 e. The lowest BCUT2D eigenvalue weighted by Gasteiger charge is -2.19. The number of amides is 1. The van der Waals surface area contributed by atoms with Crippen molar-refractivity contribution in [3.63, 3.8) is 0 Å². The zero-order valence-corrected chi connectivity index (χ0v) is 26.3. The van der Waals surface area contributed by atoms with Crippen molar-refractivity contribution in [3.05, 3.63) is 65.2 Å². The minimum atomic E-state index is -4.83. The van der Waals surface area contributed by atoms with E-state index in [1.165, 1.54) is 20.2 Å². The number of hydrogen-bond donors (Lipinski definition) is 3. The molecule has 4 aliphatic heterocycles. The molecule has 3 aromatic heterocycles. The number of carbonyl (C=O) groups is 1. The lowest BCUT2D eigenvalue weighted by atomic mass is 10.1. The monoisotopic (exact) mass is 660 g/mol. The quantitative estimate of drug-likeness (QED) is 0.219. The van der Waals surface area contributed by atoms with Crippen molar-refractivity contribution in [2.24, 2.45) is 0 Å². The molecule has 1 aromatic carbocycles. The number of alkyl halides is 3. The van der Waals surface area contributed by atoms with Gasteiger partial charge in [-0.05, 0) is 50.1 Å². The first-order valence-electron chi connectivity index (χ1n) is 14.2. The van der Waals surface area contributed by atoms with E-state index in [1.54, 1.807) is 42.1 Å². The molecule has 1 unspecified atom stereocenters. The summed E-state index contributed by atoms with van der Waals surface area (Å²) in [4.78, 5) is 25.4. The summed E-state index contributed by atoms with van der Waals surface area (Å²) in [5.41, 5.74) is 1.30. The van der Waals surface area contributed by atoms with Crippen LogP contribution in [0, 0.1) is 6.92 Å². The van der Waals surface area contributed by atoms with Crippen LogP contribution in [0.5, 0.6) is 5.75 Å². The fourth-order valence-electron chi connectivity index (χ4n) is 4.82. The fourth-order valence-corrected chi connectivity index (χ4v) is 6.52. The lowest BCUT2D eigenvalue weighted by Crippen LogP contribution is -2.21. The van der Waals surface area contributed by atoms with Gasteiger partial charge in [0, 0.05) is 31.0 Å². The third-order valence-corrected chi connectivity index (χ3v) is 9.06. The van der Waals surface area contributed by atoms with Crippen molar-refractivity contribution >= 4 is 36.6 Å². The van der Waals surface area contributed by atoms with Crippen LogP contribution in [0.3, 0.4) is 0 Å². The molecule has 4 aliphatic rings. The summed E-state index contributed by atoms with van der Waals surface area (Å²) in [5, 5.41) is 12.4. The van der Waals surface area contributed by atoms with E-state index in [9.17, 15) is 22.5 Å². The van der Waals surface area contributed by atoms with E-state index in [4.69, 9.17) is 13.8 Å². The number of pyridine rings is 1. The Bertz CT molecular complexity index is 1800. The summed E-state index contributed by atoms with van der Waals surface area (Å²) in [5.74, 6) is -1.15. The number of carbonyl (C=O) groups excluding carboxylic acids is 1. The van der Waals surface area contributed by atoms with E-state index < -0.39 is 31.1 Å². The summed E-state index contributed by atoms with van der Waals surface area (Å²) >= 11 is 0. The fraction of sp³-hybridized carbons (Fsp3) is 0.345. The second kappa shape index (κ2) is 13.4. The predicted octanol–water partition coefficient (Wildman–Crippen LogP) is 6.07. The molecule has 0 fully saturated rings. The van der Waals surface area contributed by atoms with Crippen LogP contribution in [-0.4, -0.2) is 58.0 Å². The van der Waals surface area contributed by atoms with Gasteiger partial charge in [0.15, 0.2) is 5.69 Å². The summed E-state index contributed by atoms with van der Waals surface area (Å²) in [6.07, 6.45) is -2.19. The zero-order chi connectivity index (χ0) is 33.1. The minimum absolute atomic E-state index is 0.0109. The van der Waals surface area contributed by atoms with Crippen LogP contribution >= 0.6 is 7.60 Å². The van der Waals surface area contributed by atoms with Crippen molar-refractivity contribution in [1.29, 1.82) is 0 Å². The molecule has 0 saturated carbocycles. The van der Waals surface area contributed by atoms with Crippen LogP contribution < -0.4 is 20.7 Å². The molecule has 13 nitrogen and oxygen atoms in total. The highest BCUT2D eigenvalue weighted by atomic mass is 31.2. The predicted molar refractivity (Wildman–Crippen MR) is 164 cm³/mol. The molecule has 3 N–H and O–H groups in total. The molecule has 244 valence electrons. The van der Waals surface area contributed by atoms with Crippen molar-refractivity contribution in [2.45, 2.75) is 39.2 Å². The third-order valence-electron chi connectivity index (χ3n) is 7.08. The first kappa shape index (κ1) is 32.9. The van der Waals surface area contributed by atoms with Gasteiger partial charge in [-0.15, -0.1) is 0 Å². The average molecular weight is 661 g/mol. The van der Waals surface area contributed by atoms with Gasteiger partial charge in [0.05, 0.1) is 49.8 Å². The molecular formula is C29H32F3N8O5P. The standard InChI is InChI=1S/C29H32F3N8O5P/c1-5-44-46(42)16-18-7-8-22(24(13-18)43-4)38-28-34-15-20(29(30,31)32)26(39-28)37-23-10-9-21(36-25(23)27(41)33-3)19-14-35-40(17(19)2)11-6-12-45-46/h7-10,13-15H,5-6,11-12,16H2,1-4H3,(H,33,41)(H2,34,37,38,39). The Morgan fingerprint density at radius 3 is 2.65 bits per heavy atom. The molecular weight excluding hydrogens is 628 g/mol. The SMILES string of the molecule is CCOP1(=O)Cc2ccc(c(OC)c2)Nc2ncc(C(F)(F)F)c(n2)Nc2ccc(nc2C(=O)NC)-c2cnn(c2C)CCCO1. The van der Waals surface area contributed by atoms with Gasteiger partial charge >= 0.3 is 13.8 Å². The van der Waals surface area contributed by atoms with Crippen LogP contribution in [-0.2, 0) is 32.5 Å². The van der Waals surface area contributed by atoms with E-state index in [2.05, 4.69) is 36.0 Å². The first-order valence-corrected chi connectivity index (χ1v) is 16.0. The highest BCUT2D eigenvalue weighted by Crippen LogP contribution is 2.52. The first-order chi connectivity index (χ1) is 21.9. The maximum atomic E-state index is 14.1. The Morgan fingerprint density at radius 2 is 1.93 bits per heavy atom. The Kier molecular flexibility index (Phi) is 9.60. The topological polar surface area (TPSA) is 154 Å². The van der Waals surface area contributed by atoms with E-state index >= 15 is 0 Å². The Balaban J connectivity index is 1.64. The second-order valence-electron chi connectivity index (χ2n) is 10.2. The lowest BCUT2D eigenvalue weighted by molar-refractivity contribution is -0.137. The smallest absolute Gasteiger partial charge is 0.421 e. The van der Waals surface area contributed by atoms with Gasteiger partial charge in [0.25, 0.3) is 5.91 Å². The van der Waals surface area contributed by atoms with Crippen molar-refractivity contribution in [2.75, 3.05) is 38.0 Å². The molecule has 0 spiro atoms. The molecule has 0 aliphatic carbocycles. The van der Waals surface area contributed by atoms with E-state index in [1.807, 2.05) is 6.92 Å². The Morgan fingerprint density at radius 1 is 1.15 bits per heavy atom. The molecule has 7 heterocycles. The van der Waals surface area contributed by atoms with Gasteiger partial charge in [-0.3, -0.25) is 14.0 Å². The second-order valence-corrected chi connectivity index (χ2v) is 12.2. The number of hydrogen-bond acceptors (Lipinski definition) is 11. The van der Waals surface area contributed by atoms with Crippen LogP contribution in [0.2, 0.25) is 0 Å². The number of ether oxygens (including phenoxy) is 1. The number of anilines is 4. The Hall–Kier alpha value is -4.53. The summed E-state index contributed by atoms with van der Waals surface area (Å²) < 4.78 is 74.4. The van der Waals surface area contributed by atoms with Crippen LogP contribution in [0.25, 0.3) is 11.3 Å². The molecule has 0 radical (unpaired) electrons. The molecule has 17 heteroatoms. The summed E-state index contributed by atoms with van der Waals surface area (Å²) in [6.45, 7) is 4.26. The normalized spacial score (nSPS) is 16.9. The van der Waals surface area contributed by atoms with E-state index in [0.717, 1.165) is 5.69 Å². The summed E-state index contributed by atoms with van der Waals surface area (Å²) in [7, 11) is -0.765. The van der Waals surface area contributed by atoms with Gasteiger partial charge in [-0.2, -0.15) is 23.3 Å². The Labute approximate surface area is 262 Å². The van der Waals surface area contributed by atoms with Crippen molar-refractivity contribution < 1.29 is 36.3 Å². The van der Waals surface area contributed by atoms with Crippen LogP contribution in [0.1, 0.15) is 40.7 Å². The molecule has 8 rings (SSSR count). The van der Waals surface area contributed by atoms with Gasteiger partial charge in [0.2, 0.25) is 5.95 Å². The van der Waals surface area contributed by atoms with Gasteiger partial charge in [-0.1, -0.05) is 6.07 Å². The number of aryl methyl sites for hydroxylation is 1. The van der Waals surface area contributed by atoms with E-state index in [-0.39, 0.29) is 42.5 Å². The highest BCUT2D eigenvalue weighted by Gasteiger charge is 2.36. The van der Waals surface area contributed by atoms with Gasteiger partial charge < -0.3 is 29.7 Å². The highest BCUT2D eigenvalue weighted by molar-refractivity contribution is 7.53. The molecule has 0 saturated heterocycles.